The van der Waals surface area contributed by atoms with E-state index in [4.69, 9.17) is 4.74 Å². The molecular formula is C78H60O. The second-order valence-electron chi connectivity index (χ2n) is 20.4. The molecule has 0 bridgehead atoms. The molecule has 1 heteroatoms. The number of fused-ring (bicyclic) bond motifs is 7. The smallest absolute Gasteiger partial charge is 0.131 e. The summed E-state index contributed by atoms with van der Waals surface area (Å²) in [7, 11) is 0. The summed E-state index contributed by atoms with van der Waals surface area (Å²) in [6.45, 7) is 0. The molecule has 0 radical (unpaired) electrons. The van der Waals surface area contributed by atoms with E-state index in [1.807, 2.05) is 12.1 Å². The second kappa shape index (κ2) is 24.0. The number of hydrogen-bond donors (Lipinski definition) is 0. The number of hydrogen-bond acceptors (Lipinski definition) is 1. The van der Waals surface area contributed by atoms with Gasteiger partial charge in [-0.2, -0.15) is 0 Å². The topological polar surface area (TPSA) is 9.23 Å². The Morgan fingerprint density at radius 2 is 0.608 bits per heavy atom. The van der Waals surface area contributed by atoms with Crippen LogP contribution < -0.4 is 4.74 Å². The van der Waals surface area contributed by atoms with Gasteiger partial charge in [-0.15, -0.1) is 0 Å². The number of rotatable bonds is 7. The van der Waals surface area contributed by atoms with Gasteiger partial charge in [0.15, 0.2) is 0 Å². The van der Waals surface area contributed by atoms with Gasteiger partial charge in [-0.3, -0.25) is 0 Å². The van der Waals surface area contributed by atoms with Crippen LogP contribution in [0.25, 0.3) is 66.1 Å². The molecule has 1 aliphatic heterocycles. The highest BCUT2D eigenvalue weighted by Gasteiger charge is 2.19. The van der Waals surface area contributed by atoms with E-state index < -0.39 is 0 Å². The third kappa shape index (κ3) is 12.2. The molecule has 13 aromatic carbocycles. The van der Waals surface area contributed by atoms with Crippen LogP contribution in [0.1, 0.15) is 44.5 Å². The van der Waals surface area contributed by atoms with Crippen LogP contribution in [0, 0.1) is 0 Å². The van der Waals surface area contributed by atoms with Crippen molar-refractivity contribution in [3.63, 3.8) is 0 Å². The van der Waals surface area contributed by atoms with E-state index in [-0.39, 0.29) is 0 Å². The van der Waals surface area contributed by atoms with E-state index in [2.05, 4.69) is 303 Å². The molecule has 0 aromatic heterocycles. The molecule has 1 heterocycles. The fraction of sp³-hybridized carbons (Fsp3) is 0.0513. The van der Waals surface area contributed by atoms with Gasteiger partial charge in [0.25, 0.3) is 0 Å². The predicted molar refractivity (Wildman–Crippen MR) is 333 cm³/mol. The zero-order chi connectivity index (χ0) is 53.0. The Morgan fingerprint density at radius 1 is 0.215 bits per heavy atom. The van der Waals surface area contributed by atoms with E-state index in [1.54, 1.807) is 0 Å². The summed E-state index contributed by atoms with van der Waals surface area (Å²) in [5.74, 6) is 1.98. The second-order valence-corrected chi connectivity index (χ2v) is 20.4. The molecule has 2 aliphatic rings. The molecule has 0 atom stereocenters. The first-order chi connectivity index (χ1) is 39.1. The van der Waals surface area contributed by atoms with Gasteiger partial charge in [0, 0.05) is 6.42 Å². The van der Waals surface area contributed by atoms with Crippen molar-refractivity contribution in [2.24, 2.45) is 0 Å². The Hall–Kier alpha value is -9.82. The van der Waals surface area contributed by atoms with Gasteiger partial charge in [0.05, 0.1) is 0 Å². The van der Waals surface area contributed by atoms with Gasteiger partial charge in [-0.05, 0) is 154 Å². The molecule has 0 saturated heterocycles. The van der Waals surface area contributed by atoms with Crippen LogP contribution in [-0.2, 0) is 25.7 Å². The number of ether oxygens (including phenoxy) is 1. The molecule has 378 valence electrons. The maximum absolute atomic E-state index is 5.99. The molecule has 0 unspecified atom stereocenters. The van der Waals surface area contributed by atoms with Gasteiger partial charge < -0.3 is 4.74 Å². The van der Waals surface area contributed by atoms with Crippen molar-refractivity contribution in [3.8, 4) is 56.0 Å². The minimum Gasteiger partial charge on any atom is -0.457 e. The van der Waals surface area contributed by atoms with Crippen LogP contribution in [0.4, 0.5) is 0 Å². The average molecular weight is 1010 g/mol. The van der Waals surface area contributed by atoms with E-state index in [1.165, 1.54) is 111 Å². The SMILES string of the molecule is c1ccc(-c2ccc(Cc3ccc(-c4ccccc4)cc3)cc2)cc1.c1ccc(Cc2cccc(-c3ccccc3)c2)cc1.c1ccc2c(c1)Cc1cc3ccccc3cc1-2.c1ccc2c(c1)Cc1cc3ccccc3cc1O2. The van der Waals surface area contributed by atoms with Crippen molar-refractivity contribution < 1.29 is 4.74 Å². The van der Waals surface area contributed by atoms with Gasteiger partial charge in [-0.1, -0.05) is 291 Å². The highest BCUT2D eigenvalue weighted by molar-refractivity contribution is 5.92. The first kappa shape index (κ1) is 50.0. The van der Waals surface area contributed by atoms with E-state index >= 15 is 0 Å². The summed E-state index contributed by atoms with van der Waals surface area (Å²) in [5.41, 5.74) is 21.3. The van der Waals surface area contributed by atoms with Gasteiger partial charge >= 0.3 is 0 Å². The quantitative estimate of drug-likeness (QED) is 0.155. The lowest BCUT2D eigenvalue weighted by Crippen LogP contribution is -2.02. The van der Waals surface area contributed by atoms with Gasteiger partial charge in [0.2, 0.25) is 0 Å². The standard InChI is InChI=1S/C25H20.C19H16.C17H12O.C17H12/c1-3-7-22(8-4-1)24-15-11-20(12-16-24)19-21-13-17-25(18-14-21)23-9-5-2-6-10-23;1-3-8-16(9-4-1)14-17-10-7-13-19(15-17)18-11-5-2-6-12-18;1-2-6-13-11-17-15(9-12(13)5-1)10-14-7-3-4-8-16(14)18-17;1-2-6-13-11-17-15(9-12(13)5-1)10-14-7-3-4-8-16(14)17/h1-18H,19H2;1-13,15H,14H2;1-9,11H,10H2;1-9,11H,10H2. The largest absolute Gasteiger partial charge is 0.457 e. The third-order valence-electron chi connectivity index (χ3n) is 15.0. The summed E-state index contributed by atoms with van der Waals surface area (Å²) in [6, 6.07) is 112. The predicted octanol–water partition coefficient (Wildman–Crippen LogP) is 20.5. The summed E-state index contributed by atoms with van der Waals surface area (Å²) in [5, 5.41) is 5.19. The highest BCUT2D eigenvalue weighted by Crippen LogP contribution is 2.40. The molecule has 1 aliphatic carbocycles. The van der Waals surface area contributed by atoms with Crippen LogP contribution >= 0.6 is 0 Å². The molecule has 79 heavy (non-hydrogen) atoms. The summed E-state index contributed by atoms with van der Waals surface area (Å²) in [4.78, 5) is 0. The van der Waals surface area contributed by atoms with Crippen molar-refractivity contribution >= 4 is 21.5 Å². The van der Waals surface area contributed by atoms with Crippen molar-refractivity contribution in [1.29, 1.82) is 0 Å². The summed E-state index contributed by atoms with van der Waals surface area (Å²) in [6.07, 6.45) is 3.98. The van der Waals surface area contributed by atoms with Crippen LogP contribution in [0.2, 0.25) is 0 Å². The van der Waals surface area contributed by atoms with Crippen LogP contribution in [0.15, 0.2) is 315 Å². The Kier molecular flexibility index (Phi) is 15.2. The minimum absolute atomic E-state index is 0.955. The van der Waals surface area contributed by atoms with Crippen LogP contribution in [0.5, 0.6) is 11.5 Å². The maximum Gasteiger partial charge on any atom is 0.131 e. The van der Waals surface area contributed by atoms with Gasteiger partial charge in [0.1, 0.15) is 11.5 Å². The number of benzene rings is 13. The molecule has 1 nitrogen and oxygen atoms in total. The molecule has 0 fully saturated rings. The Labute approximate surface area is 465 Å². The molecule has 15 rings (SSSR count). The lowest BCUT2D eigenvalue weighted by molar-refractivity contribution is 0.461. The molecule has 0 saturated carbocycles. The Bertz CT molecular complexity index is 3960. The zero-order valence-corrected chi connectivity index (χ0v) is 44.3. The first-order valence-corrected chi connectivity index (χ1v) is 27.5. The first-order valence-electron chi connectivity index (χ1n) is 27.5. The fourth-order valence-corrected chi connectivity index (χ4v) is 10.8. The van der Waals surface area contributed by atoms with E-state index in [0.29, 0.717) is 0 Å². The van der Waals surface area contributed by atoms with E-state index in [9.17, 15) is 0 Å². The van der Waals surface area contributed by atoms with Crippen LogP contribution in [0.3, 0.4) is 0 Å². The van der Waals surface area contributed by atoms with Crippen molar-refractivity contribution in [2.75, 3.05) is 0 Å². The summed E-state index contributed by atoms with van der Waals surface area (Å²) < 4.78 is 5.99. The lowest BCUT2D eigenvalue weighted by Gasteiger charge is -2.20. The highest BCUT2D eigenvalue weighted by atomic mass is 16.5. The monoisotopic (exact) mass is 1010 g/mol. The molecule has 0 spiro atoms. The Morgan fingerprint density at radius 3 is 1.20 bits per heavy atom. The van der Waals surface area contributed by atoms with Crippen LogP contribution in [-0.4, -0.2) is 0 Å². The molecule has 13 aromatic rings. The normalized spacial score (nSPS) is 11.4. The van der Waals surface area contributed by atoms with Crippen molar-refractivity contribution in [1.82, 2.24) is 0 Å². The van der Waals surface area contributed by atoms with Gasteiger partial charge in [-0.25, -0.2) is 0 Å². The van der Waals surface area contributed by atoms with Crippen molar-refractivity contribution in [2.45, 2.75) is 25.7 Å². The molecule has 0 amide bonds. The van der Waals surface area contributed by atoms with E-state index in [0.717, 1.165) is 37.2 Å². The minimum atomic E-state index is 0.955. The summed E-state index contributed by atoms with van der Waals surface area (Å²) >= 11 is 0. The molecule has 0 N–H and O–H groups in total. The molecular weight excluding hydrogens is 953 g/mol. The average Bonchev–Trinajstić information content (AvgIpc) is 4.07. The number of para-hydroxylation sites is 1. The Balaban J connectivity index is 0.000000106. The van der Waals surface area contributed by atoms with Crippen molar-refractivity contribution in [3.05, 3.63) is 360 Å². The third-order valence-corrected chi connectivity index (χ3v) is 15.0. The fourth-order valence-electron chi connectivity index (χ4n) is 10.8. The zero-order valence-electron chi connectivity index (χ0n) is 44.3. The maximum atomic E-state index is 5.99. The lowest BCUT2D eigenvalue weighted by atomic mass is 9.97.